The first-order valence-corrected chi connectivity index (χ1v) is 7.33. The number of ether oxygens (including phenoxy) is 2. The first-order chi connectivity index (χ1) is 8.50. The molecule has 0 aliphatic heterocycles. The van der Waals surface area contributed by atoms with Crippen molar-refractivity contribution in [3.63, 3.8) is 0 Å². The average molecular weight is 257 g/mol. The summed E-state index contributed by atoms with van der Waals surface area (Å²) in [4.78, 5) is 0. The van der Waals surface area contributed by atoms with E-state index in [9.17, 15) is 0 Å². The van der Waals surface area contributed by atoms with Crippen LogP contribution in [0.4, 0.5) is 0 Å². The van der Waals surface area contributed by atoms with Gasteiger partial charge in [0.25, 0.3) is 0 Å². The lowest BCUT2D eigenvalue weighted by atomic mass is 9.81. The second-order valence-corrected chi connectivity index (χ2v) is 6.26. The van der Waals surface area contributed by atoms with Crippen LogP contribution >= 0.6 is 0 Å². The molecule has 1 rings (SSSR count). The second-order valence-electron chi connectivity index (χ2n) is 6.26. The van der Waals surface area contributed by atoms with Crippen molar-refractivity contribution in [2.45, 2.75) is 76.5 Å². The van der Waals surface area contributed by atoms with Crippen molar-refractivity contribution in [1.29, 1.82) is 0 Å². The van der Waals surface area contributed by atoms with Crippen molar-refractivity contribution < 1.29 is 9.47 Å². The number of hydrogen-bond acceptors (Lipinski definition) is 3. The highest BCUT2D eigenvalue weighted by atomic mass is 16.5. The summed E-state index contributed by atoms with van der Waals surface area (Å²) < 4.78 is 11.1. The van der Waals surface area contributed by atoms with Gasteiger partial charge < -0.3 is 15.2 Å². The molecule has 0 aromatic rings. The topological polar surface area (TPSA) is 44.5 Å². The van der Waals surface area contributed by atoms with Crippen molar-refractivity contribution >= 4 is 0 Å². The first kappa shape index (κ1) is 15.9. The van der Waals surface area contributed by atoms with E-state index < -0.39 is 0 Å². The lowest BCUT2D eigenvalue weighted by Crippen LogP contribution is -2.43. The first-order valence-electron chi connectivity index (χ1n) is 7.33. The summed E-state index contributed by atoms with van der Waals surface area (Å²) >= 11 is 0. The van der Waals surface area contributed by atoms with Gasteiger partial charge in [-0.2, -0.15) is 0 Å². The monoisotopic (exact) mass is 257 g/mol. The van der Waals surface area contributed by atoms with Crippen LogP contribution in [0.2, 0.25) is 0 Å². The van der Waals surface area contributed by atoms with Gasteiger partial charge in [0, 0.05) is 20.3 Å². The van der Waals surface area contributed by atoms with Gasteiger partial charge in [-0.05, 0) is 45.4 Å². The summed E-state index contributed by atoms with van der Waals surface area (Å²) in [6, 6.07) is 0.132. The molecule has 1 saturated carbocycles. The third-order valence-electron chi connectivity index (χ3n) is 4.44. The third-order valence-corrected chi connectivity index (χ3v) is 4.44. The van der Waals surface area contributed by atoms with E-state index in [-0.39, 0.29) is 17.7 Å². The smallest absolute Gasteiger partial charge is 0.0750 e. The number of rotatable bonds is 7. The van der Waals surface area contributed by atoms with Gasteiger partial charge >= 0.3 is 0 Å². The van der Waals surface area contributed by atoms with Gasteiger partial charge in [-0.15, -0.1) is 0 Å². The minimum absolute atomic E-state index is 0.0809. The Labute approximate surface area is 112 Å². The van der Waals surface area contributed by atoms with Crippen LogP contribution < -0.4 is 5.73 Å². The summed E-state index contributed by atoms with van der Waals surface area (Å²) in [6.45, 7) is 4.23. The molecule has 1 aliphatic carbocycles. The summed E-state index contributed by atoms with van der Waals surface area (Å²) in [7, 11) is 3.57. The Balaban J connectivity index is 2.43. The van der Waals surface area contributed by atoms with E-state index in [1.807, 2.05) is 0 Å². The maximum Gasteiger partial charge on any atom is 0.0750 e. The maximum absolute atomic E-state index is 6.34. The van der Waals surface area contributed by atoms with E-state index in [2.05, 4.69) is 13.8 Å². The van der Waals surface area contributed by atoms with Crippen molar-refractivity contribution in [3.05, 3.63) is 0 Å². The predicted octanol–water partition coefficient (Wildman–Crippen LogP) is 3.11. The third kappa shape index (κ3) is 4.87. The zero-order chi connectivity index (χ0) is 13.6. The SMILES string of the molecule is COC(C(N)CCC(C)(C)OC)C1CCCCC1. The second kappa shape index (κ2) is 7.46. The Kier molecular flexibility index (Phi) is 6.61. The Morgan fingerprint density at radius 1 is 1.17 bits per heavy atom. The van der Waals surface area contributed by atoms with E-state index >= 15 is 0 Å². The van der Waals surface area contributed by atoms with Crippen LogP contribution in [0, 0.1) is 5.92 Å². The summed E-state index contributed by atoms with van der Waals surface area (Å²) in [5.41, 5.74) is 6.26. The fraction of sp³-hybridized carbons (Fsp3) is 1.00. The summed E-state index contributed by atoms with van der Waals surface area (Å²) in [6.07, 6.45) is 8.77. The normalized spacial score (nSPS) is 21.8. The number of methoxy groups -OCH3 is 2. The van der Waals surface area contributed by atoms with Gasteiger partial charge in [0.15, 0.2) is 0 Å². The average Bonchev–Trinajstić information content (AvgIpc) is 2.39. The lowest BCUT2D eigenvalue weighted by Gasteiger charge is -2.34. The van der Waals surface area contributed by atoms with Crippen LogP contribution in [-0.2, 0) is 9.47 Å². The van der Waals surface area contributed by atoms with Crippen molar-refractivity contribution in [3.8, 4) is 0 Å². The zero-order valence-electron chi connectivity index (χ0n) is 12.6. The fourth-order valence-electron chi connectivity index (χ4n) is 2.96. The molecule has 0 saturated heterocycles. The molecule has 0 spiro atoms. The van der Waals surface area contributed by atoms with Gasteiger partial charge in [-0.25, -0.2) is 0 Å². The van der Waals surface area contributed by atoms with E-state index in [0.717, 1.165) is 12.8 Å². The molecule has 18 heavy (non-hydrogen) atoms. The molecule has 0 aromatic carbocycles. The largest absolute Gasteiger partial charge is 0.380 e. The fourth-order valence-corrected chi connectivity index (χ4v) is 2.96. The number of hydrogen-bond donors (Lipinski definition) is 1. The van der Waals surface area contributed by atoms with Crippen LogP contribution in [0.5, 0.6) is 0 Å². The Bertz CT molecular complexity index is 225. The molecule has 0 amide bonds. The molecular weight excluding hydrogens is 226 g/mol. The van der Waals surface area contributed by atoms with Gasteiger partial charge in [-0.3, -0.25) is 0 Å². The standard InChI is InChI=1S/C15H31NO2/c1-15(2,18-4)11-10-13(16)14(17-3)12-8-6-5-7-9-12/h12-14H,5-11,16H2,1-4H3. The van der Waals surface area contributed by atoms with E-state index in [1.165, 1.54) is 32.1 Å². The maximum atomic E-state index is 6.34. The zero-order valence-corrected chi connectivity index (χ0v) is 12.6. The summed E-state index contributed by atoms with van der Waals surface area (Å²) in [5, 5.41) is 0. The molecule has 3 nitrogen and oxygen atoms in total. The molecule has 2 unspecified atom stereocenters. The molecule has 2 N–H and O–H groups in total. The molecule has 108 valence electrons. The quantitative estimate of drug-likeness (QED) is 0.762. The highest BCUT2D eigenvalue weighted by molar-refractivity contribution is 4.84. The Morgan fingerprint density at radius 3 is 2.28 bits per heavy atom. The Morgan fingerprint density at radius 2 is 1.78 bits per heavy atom. The molecule has 3 heteroatoms. The lowest BCUT2D eigenvalue weighted by molar-refractivity contribution is -0.00885. The van der Waals surface area contributed by atoms with Crippen molar-refractivity contribution in [1.82, 2.24) is 0 Å². The summed E-state index contributed by atoms with van der Waals surface area (Å²) in [5.74, 6) is 0.657. The number of nitrogens with two attached hydrogens (primary N) is 1. The van der Waals surface area contributed by atoms with E-state index in [0.29, 0.717) is 5.92 Å². The van der Waals surface area contributed by atoms with E-state index in [1.54, 1.807) is 14.2 Å². The molecule has 1 aliphatic rings. The van der Waals surface area contributed by atoms with Gasteiger partial charge in [0.1, 0.15) is 0 Å². The minimum Gasteiger partial charge on any atom is -0.380 e. The molecule has 2 atom stereocenters. The van der Waals surface area contributed by atoms with Crippen LogP contribution in [-0.4, -0.2) is 32.0 Å². The Hall–Kier alpha value is -0.120. The van der Waals surface area contributed by atoms with Crippen LogP contribution in [0.15, 0.2) is 0 Å². The van der Waals surface area contributed by atoms with E-state index in [4.69, 9.17) is 15.2 Å². The predicted molar refractivity (Wildman–Crippen MR) is 75.7 cm³/mol. The molecule has 0 bridgehead atoms. The minimum atomic E-state index is -0.0809. The molecular formula is C15H31NO2. The van der Waals surface area contributed by atoms with Gasteiger partial charge in [0.2, 0.25) is 0 Å². The molecule has 0 aromatic heterocycles. The molecule has 1 fully saturated rings. The van der Waals surface area contributed by atoms with Crippen LogP contribution in [0.1, 0.15) is 58.8 Å². The molecule has 0 radical (unpaired) electrons. The van der Waals surface area contributed by atoms with Crippen LogP contribution in [0.25, 0.3) is 0 Å². The van der Waals surface area contributed by atoms with Gasteiger partial charge in [-0.1, -0.05) is 19.3 Å². The molecule has 0 heterocycles. The highest BCUT2D eigenvalue weighted by Gasteiger charge is 2.29. The van der Waals surface area contributed by atoms with Gasteiger partial charge in [0.05, 0.1) is 11.7 Å². The highest BCUT2D eigenvalue weighted by Crippen LogP contribution is 2.30. The van der Waals surface area contributed by atoms with Crippen LogP contribution in [0.3, 0.4) is 0 Å². The van der Waals surface area contributed by atoms with Crippen molar-refractivity contribution in [2.75, 3.05) is 14.2 Å². The van der Waals surface area contributed by atoms with Crippen molar-refractivity contribution in [2.24, 2.45) is 11.7 Å².